The van der Waals surface area contributed by atoms with Gasteiger partial charge in [-0.3, -0.25) is 41.2 Å². The molecule has 0 spiro atoms. The van der Waals surface area contributed by atoms with Crippen molar-refractivity contribution >= 4 is 0 Å². The van der Waals surface area contributed by atoms with E-state index in [1.807, 2.05) is 0 Å². The van der Waals surface area contributed by atoms with E-state index in [9.17, 15) is 0 Å². The molecule has 0 heterocycles. The summed E-state index contributed by atoms with van der Waals surface area (Å²) in [6.07, 6.45) is 0. The molecule has 22 heteroatoms. The Kier molecular flexibility index (Phi) is 31.3. The number of halogens is 4. The van der Waals surface area contributed by atoms with Gasteiger partial charge in [0.15, 0.2) is 0 Å². The zero-order chi connectivity index (χ0) is 18.0. The summed E-state index contributed by atoms with van der Waals surface area (Å²) in [6.45, 7) is 0. The van der Waals surface area contributed by atoms with Crippen molar-refractivity contribution in [3.05, 3.63) is 0 Å². The SMILES string of the molecule is O.[O-][I+3]([O-])([O-])O.[O-][I+3]([O-])([O-])O.[O-][I+3]([O-])([O-])O.[O-][I+3]([O-])([O-])O.[Ru]. The van der Waals surface area contributed by atoms with Gasteiger partial charge in [-0.2, -0.15) is 0 Å². The molecule has 0 bridgehead atoms. The summed E-state index contributed by atoms with van der Waals surface area (Å²) in [5.74, 6) is 0. The van der Waals surface area contributed by atoms with Gasteiger partial charge < -0.3 is 5.48 Å². The van der Waals surface area contributed by atoms with Crippen LogP contribution in [0, 0.1) is 0 Å². The van der Waals surface area contributed by atoms with E-state index in [-0.39, 0.29) is 25.0 Å². The van der Waals surface area contributed by atoms with Gasteiger partial charge in [0, 0.05) is 33.2 Å². The molecule has 22 heavy (non-hydrogen) atoms. The Morgan fingerprint density at radius 1 is 0.364 bits per heavy atom. The summed E-state index contributed by atoms with van der Waals surface area (Å²) in [7, 11) is 0. The van der Waals surface area contributed by atoms with Gasteiger partial charge >= 0.3 is 80.4 Å². The predicted molar refractivity (Wildman–Crippen MR) is 12.5 cm³/mol. The van der Waals surface area contributed by atoms with Crippen LogP contribution in [0.3, 0.4) is 0 Å². The summed E-state index contributed by atoms with van der Waals surface area (Å²) >= 11 is -22.8. The van der Waals surface area contributed by atoms with Crippen LogP contribution in [-0.4, -0.2) is 19.2 Å². The monoisotopic (exact) mass is 887 g/mol. The third-order valence-corrected chi connectivity index (χ3v) is 0. The molecule has 144 valence electrons. The Balaban J connectivity index is -0.0000000376. The van der Waals surface area contributed by atoms with Gasteiger partial charge in [0.1, 0.15) is 0 Å². The van der Waals surface area contributed by atoms with E-state index in [4.69, 9.17) is 55.0 Å². The van der Waals surface area contributed by atoms with Gasteiger partial charge in [-0.1, -0.05) is 0 Å². The van der Waals surface area contributed by atoms with Crippen LogP contribution < -0.4 is 122 Å². The first-order valence-electron chi connectivity index (χ1n) is 2.53. The van der Waals surface area contributed by atoms with Crippen LogP contribution >= 0.6 is 0 Å². The van der Waals surface area contributed by atoms with Gasteiger partial charge in [-0.25, -0.2) is 0 Å². The van der Waals surface area contributed by atoms with Gasteiger partial charge in [-0.05, 0) is 0 Å². The van der Waals surface area contributed by atoms with E-state index in [2.05, 4.69) is 0 Å². The minimum absolute atomic E-state index is 0. The third-order valence-electron chi connectivity index (χ3n) is 0. The van der Waals surface area contributed by atoms with Crippen molar-refractivity contribution in [2.24, 2.45) is 0 Å². The summed E-state index contributed by atoms with van der Waals surface area (Å²) in [6, 6.07) is 0. The second-order valence-corrected chi connectivity index (χ2v) is 10.6. The standard InChI is InChI=1S/4HIO4.H2O.Ru/c4*2-1(3,4)5;;/h4*2H;1H2;. The van der Waals surface area contributed by atoms with Crippen LogP contribution in [0.15, 0.2) is 0 Å². The molecule has 0 amide bonds. The maximum atomic E-state index is 8.73. The van der Waals surface area contributed by atoms with Crippen molar-refractivity contribution in [3.63, 3.8) is 0 Å². The van der Waals surface area contributed by atoms with E-state index >= 15 is 0 Å². The van der Waals surface area contributed by atoms with Crippen molar-refractivity contribution in [3.8, 4) is 0 Å². The molecule has 0 aliphatic rings. The number of rotatable bonds is 0. The van der Waals surface area contributed by atoms with Gasteiger partial charge in [-0.15, -0.1) is 0 Å². The van der Waals surface area contributed by atoms with Crippen LogP contribution in [0.25, 0.3) is 0 Å². The molecular weight excluding hydrogens is 881 g/mol. The van der Waals surface area contributed by atoms with Crippen molar-refractivity contribution < 1.29 is 160 Å². The van der Waals surface area contributed by atoms with Gasteiger partial charge in [0.05, 0.1) is 0 Å². The largest absolute Gasteiger partial charge is 0.412 e. The fourth-order valence-electron chi connectivity index (χ4n) is 0. The van der Waals surface area contributed by atoms with Crippen LogP contribution in [0.4, 0.5) is 0 Å². The minimum Gasteiger partial charge on any atom is -0.412 e. The summed E-state index contributed by atoms with van der Waals surface area (Å²) in [5.41, 5.74) is 0. The van der Waals surface area contributed by atoms with Gasteiger partial charge in [0.2, 0.25) is 0 Å². The quantitative estimate of drug-likeness (QED) is 0.130. The molecule has 0 saturated carbocycles. The second-order valence-electron chi connectivity index (χ2n) is 1.58. The first-order chi connectivity index (χ1) is 8.00. The Morgan fingerprint density at radius 2 is 0.364 bits per heavy atom. The van der Waals surface area contributed by atoms with Crippen LogP contribution in [0.1, 0.15) is 0 Å². The van der Waals surface area contributed by atoms with Crippen molar-refractivity contribution in [1.29, 1.82) is 0 Å². The normalized spacial score (nSPS) is 10.9. The van der Waals surface area contributed by atoms with E-state index in [0.29, 0.717) is 0 Å². The van der Waals surface area contributed by atoms with E-state index in [1.54, 1.807) is 0 Å². The molecule has 0 aromatic carbocycles. The molecule has 0 rings (SSSR count). The molecule has 0 aromatic heterocycles. The van der Waals surface area contributed by atoms with E-state index in [0.717, 1.165) is 0 Å². The van der Waals surface area contributed by atoms with Gasteiger partial charge in [0.25, 0.3) is 0 Å². The topological polar surface area (TPSA) is 389 Å². The Labute approximate surface area is 158 Å². The first kappa shape index (κ1) is 39.8. The zero-order valence-electron chi connectivity index (χ0n) is 9.05. The summed E-state index contributed by atoms with van der Waals surface area (Å²) < 4.78 is 133. The Hall–Kier alpha value is 2.86. The molecule has 0 radical (unpaired) electrons. The number of hydrogen-bond acceptors (Lipinski definition) is 16. The number of hydrogen-bond donors (Lipinski definition) is 4. The molecule has 0 aliphatic carbocycles. The molecule has 0 unspecified atom stereocenters. The molecule has 6 N–H and O–H groups in total. The molecular formula is H6I4O17Ru. The summed E-state index contributed by atoms with van der Waals surface area (Å²) in [4.78, 5) is 0. The van der Waals surface area contributed by atoms with Crippen LogP contribution in [0.2, 0.25) is 0 Å². The third kappa shape index (κ3) is 1330. The minimum atomic E-state index is -5.69. The van der Waals surface area contributed by atoms with E-state index in [1.165, 1.54) is 0 Å². The summed E-state index contributed by atoms with van der Waals surface area (Å²) in [5, 5.41) is 0. The average molecular weight is 887 g/mol. The molecule has 0 saturated heterocycles. The molecule has 0 aromatic rings. The molecule has 17 nitrogen and oxygen atoms in total. The van der Waals surface area contributed by atoms with Crippen molar-refractivity contribution in [1.82, 2.24) is 0 Å². The maximum absolute atomic E-state index is 8.73. The van der Waals surface area contributed by atoms with Crippen molar-refractivity contribution in [2.75, 3.05) is 0 Å². The predicted octanol–water partition coefficient (Wildman–Crippen LogP) is -29.3. The van der Waals surface area contributed by atoms with Crippen molar-refractivity contribution in [2.45, 2.75) is 0 Å². The van der Waals surface area contributed by atoms with Crippen LogP contribution in [0.5, 0.6) is 0 Å². The second kappa shape index (κ2) is 17.3. The first-order valence-corrected chi connectivity index (χ1v) is 17.0. The fraction of sp³-hybridized carbons (Fsp3) is 0. The molecule has 0 fully saturated rings. The molecule has 0 aliphatic heterocycles. The van der Waals surface area contributed by atoms with E-state index < -0.39 is 80.4 Å². The maximum Gasteiger partial charge on any atom is 0.368 e. The zero-order valence-corrected chi connectivity index (χ0v) is 19.4. The average Bonchev–Trinajstić information content (AvgIpc) is 1.62. The Bertz CT molecular complexity index is 131. The fourth-order valence-corrected chi connectivity index (χ4v) is 0. The smallest absolute Gasteiger partial charge is 0.368 e. The Morgan fingerprint density at radius 3 is 0.364 bits per heavy atom. The van der Waals surface area contributed by atoms with Crippen LogP contribution in [-0.2, 0) is 19.5 Å². The molecule has 0 atom stereocenters.